The number of carbonyl (C=O) groups is 3. The minimum Gasteiger partial charge on any atom is -0.481 e. The number of rotatable bonds is 9. The molecule has 0 radical (unpaired) electrons. The van der Waals surface area contributed by atoms with E-state index in [1.165, 1.54) is 0 Å². The van der Waals surface area contributed by atoms with E-state index >= 15 is 0 Å². The van der Waals surface area contributed by atoms with E-state index in [0.29, 0.717) is 36.3 Å². The standard InChI is InChI=1S/C29H31N5O4/c1-33-24-15-22(28(37)32-17-20-7-9-21(10-8-20)27(30)31)11-12-23(24)18-34(29(38)25(33)16-26(35)36)14-13-19-5-3-2-4-6-19/h2-12,15,25H,13-14,16-18H2,1H3,(H3,30,31)(H,32,37)(H,35,36)/t25-/m1/s1. The van der Waals surface area contributed by atoms with Gasteiger partial charge in [0.25, 0.3) is 5.91 Å². The molecule has 4 rings (SSSR count). The van der Waals surface area contributed by atoms with Crippen molar-refractivity contribution in [3.05, 3.63) is 101 Å². The van der Waals surface area contributed by atoms with Gasteiger partial charge in [-0.3, -0.25) is 19.8 Å². The van der Waals surface area contributed by atoms with E-state index in [1.807, 2.05) is 36.4 Å². The van der Waals surface area contributed by atoms with Crippen molar-refractivity contribution in [1.82, 2.24) is 10.2 Å². The summed E-state index contributed by atoms with van der Waals surface area (Å²) in [7, 11) is 1.70. The van der Waals surface area contributed by atoms with E-state index in [0.717, 1.165) is 16.7 Å². The normalized spacial score (nSPS) is 15.0. The number of nitrogens with one attached hydrogen (secondary N) is 2. The number of amides is 2. The average Bonchev–Trinajstić information content (AvgIpc) is 3.01. The summed E-state index contributed by atoms with van der Waals surface area (Å²) in [4.78, 5) is 41.4. The minimum absolute atomic E-state index is 0.0204. The van der Waals surface area contributed by atoms with E-state index in [-0.39, 0.29) is 30.6 Å². The number of nitrogens with two attached hydrogens (primary N) is 1. The molecule has 9 nitrogen and oxygen atoms in total. The van der Waals surface area contributed by atoms with E-state index in [2.05, 4.69) is 5.32 Å². The van der Waals surface area contributed by atoms with Crippen molar-refractivity contribution in [3.63, 3.8) is 0 Å². The van der Waals surface area contributed by atoms with Crippen LogP contribution >= 0.6 is 0 Å². The number of hydrogen-bond donors (Lipinski definition) is 4. The summed E-state index contributed by atoms with van der Waals surface area (Å²) in [5.41, 5.74) is 9.97. The van der Waals surface area contributed by atoms with Crippen LogP contribution in [-0.4, -0.2) is 53.3 Å². The molecular formula is C29H31N5O4. The Morgan fingerprint density at radius 1 is 1.03 bits per heavy atom. The maximum absolute atomic E-state index is 13.4. The first-order valence-electron chi connectivity index (χ1n) is 12.3. The number of nitrogens with zero attached hydrogens (tertiary/aromatic N) is 2. The van der Waals surface area contributed by atoms with Gasteiger partial charge in [-0.15, -0.1) is 0 Å². The molecule has 0 fully saturated rings. The number of nitrogen functional groups attached to an aromatic ring is 1. The molecule has 196 valence electrons. The monoisotopic (exact) mass is 513 g/mol. The van der Waals surface area contributed by atoms with Gasteiger partial charge < -0.3 is 26.0 Å². The predicted molar refractivity (Wildman–Crippen MR) is 145 cm³/mol. The summed E-state index contributed by atoms with van der Waals surface area (Å²) in [5.74, 6) is -1.62. The molecule has 0 aliphatic carbocycles. The lowest BCUT2D eigenvalue weighted by atomic mass is 10.1. The SMILES string of the molecule is CN1c2cc(C(=O)NCc3ccc(C(=N)N)cc3)ccc2CN(CCc2ccccc2)C(=O)[C@H]1CC(=O)O. The Kier molecular flexibility index (Phi) is 8.06. The summed E-state index contributed by atoms with van der Waals surface area (Å²) >= 11 is 0. The number of anilines is 1. The number of aliphatic carboxylic acids is 1. The second-order valence-electron chi connectivity index (χ2n) is 9.36. The van der Waals surface area contributed by atoms with E-state index in [1.54, 1.807) is 53.2 Å². The van der Waals surface area contributed by atoms with Gasteiger partial charge in [-0.1, -0.05) is 60.7 Å². The number of carboxylic acid groups (broad SMARTS) is 1. The maximum atomic E-state index is 13.4. The number of benzene rings is 3. The first kappa shape index (κ1) is 26.4. The highest BCUT2D eigenvalue weighted by Crippen LogP contribution is 2.30. The number of carbonyl (C=O) groups excluding carboxylic acids is 2. The second kappa shape index (κ2) is 11.6. The van der Waals surface area contributed by atoms with Gasteiger partial charge >= 0.3 is 5.97 Å². The minimum atomic E-state index is -1.06. The highest BCUT2D eigenvalue weighted by atomic mass is 16.4. The molecular weight excluding hydrogens is 482 g/mol. The first-order valence-corrected chi connectivity index (χ1v) is 12.3. The summed E-state index contributed by atoms with van der Waals surface area (Å²) in [6, 6.07) is 21.3. The van der Waals surface area contributed by atoms with Gasteiger partial charge in [-0.2, -0.15) is 0 Å². The lowest BCUT2D eigenvalue weighted by Gasteiger charge is -2.29. The Hall–Kier alpha value is -4.66. The average molecular weight is 514 g/mol. The number of likely N-dealkylation sites (N-methyl/N-ethyl adjacent to an activating group) is 1. The zero-order valence-electron chi connectivity index (χ0n) is 21.2. The van der Waals surface area contributed by atoms with Crippen LogP contribution in [0.4, 0.5) is 5.69 Å². The van der Waals surface area contributed by atoms with Crippen molar-refractivity contribution in [1.29, 1.82) is 5.41 Å². The molecule has 1 aliphatic rings. The van der Waals surface area contributed by atoms with Crippen molar-refractivity contribution in [2.75, 3.05) is 18.5 Å². The number of amidine groups is 1. The fourth-order valence-electron chi connectivity index (χ4n) is 4.57. The zero-order chi connectivity index (χ0) is 27.2. The third-order valence-corrected chi connectivity index (χ3v) is 6.75. The lowest BCUT2D eigenvalue weighted by Crippen LogP contribution is -2.46. The van der Waals surface area contributed by atoms with Crippen molar-refractivity contribution in [2.24, 2.45) is 5.73 Å². The Labute approximate surface area is 221 Å². The first-order chi connectivity index (χ1) is 18.2. The highest BCUT2D eigenvalue weighted by Gasteiger charge is 2.34. The van der Waals surface area contributed by atoms with Crippen molar-refractivity contribution in [3.8, 4) is 0 Å². The van der Waals surface area contributed by atoms with Gasteiger partial charge in [0.05, 0.1) is 6.42 Å². The molecule has 1 heterocycles. The number of carboxylic acids is 1. The summed E-state index contributed by atoms with van der Waals surface area (Å²) < 4.78 is 0. The van der Waals surface area contributed by atoms with Crippen molar-refractivity contribution in [2.45, 2.75) is 32.0 Å². The van der Waals surface area contributed by atoms with Crippen molar-refractivity contribution >= 4 is 29.3 Å². The van der Waals surface area contributed by atoms with Crippen LogP contribution in [0.1, 0.15) is 39.0 Å². The quantitative estimate of drug-likeness (QED) is 0.256. The molecule has 0 aromatic heterocycles. The van der Waals surface area contributed by atoms with Crippen LogP contribution in [0, 0.1) is 5.41 Å². The molecule has 0 saturated carbocycles. The molecule has 3 aromatic carbocycles. The van der Waals surface area contributed by atoms with Crippen LogP contribution in [0.2, 0.25) is 0 Å². The number of hydrogen-bond acceptors (Lipinski definition) is 5. The fraction of sp³-hybridized carbons (Fsp3) is 0.241. The summed E-state index contributed by atoms with van der Waals surface area (Å²) in [6.07, 6.45) is 0.308. The Bertz CT molecular complexity index is 1340. The smallest absolute Gasteiger partial charge is 0.305 e. The van der Waals surface area contributed by atoms with Crippen LogP contribution in [0.5, 0.6) is 0 Å². The van der Waals surface area contributed by atoms with E-state index < -0.39 is 12.0 Å². The van der Waals surface area contributed by atoms with Gasteiger partial charge in [-0.25, -0.2) is 0 Å². The van der Waals surface area contributed by atoms with Gasteiger partial charge in [0.2, 0.25) is 5.91 Å². The third-order valence-electron chi connectivity index (χ3n) is 6.75. The molecule has 5 N–H and O–H groups in total. The molecule has 38 heavy (non-hydrogen) atoms. The van der Waals surface area contributed by atoms with Crippen molar-refractivity contribution < 1.29 is 19.5 Å². The molecule has 0 bridgehead atoms. The largest absolute Gasteiger partial charge is 0.481 e. The second-order valence-corrected chi connectivity index (χ2v) is 9.36. The van der Waals surface area contributed by atoms with Gasteiger partial charge in [0.1, 0.15) is 11.9 Å². The van der Waals surface area contributed by atoms with Gasteiger partial charge in [0, 0.05) is 43.5 Å². The fourth-order valence-corrected chi connectivity index (χ4v) is 4.57. The van der Waals surface area contributed by atoms with Crippen LogP contribution in [-0.2, 0) is 29.1 Å². The molecule has 0 saturated heterocycles. The topological polar surface area (TPSA) is 140 Å². The molecule has 3 aromatic rings. The van der Waals surface area contributed by atoms with E-state index in [9.17, 15) is 19.5 Å². The Morgan fingerprint density at radius 3 is 2.37 bits per heavy atom. The Morgan fingerprint density at radius 2 is 1.71 bits per heavy atom. The highest BCUT2D eigenvalue weighted by molar-refractivity contribution is 5.97. The molecule has 2 amide bonds. The van der Waals surface area contributed by atoms with Crippen LogP contribution in [0.3, 0.4) is 0 Å². The Balaban J connectivity index is 1.53. The van der Waals surface area contributed by atoms with Crippen LogP contribution in [0.25, 0.3) is 0 Å². The third kappa shape index (κ3) is 6.18. The van der Waals surface area contributed by atoms with Crippen LogP contribution in [0.15, 0.2) is 72.8 Å². The van der Waals surface area contributed by atoms with Crippen LogP contribution < -0.4 is 16.0 Å². The molecule has 0 spiro atoms. The van der Waals surface area contributed by atoms with Gasteiger partial charge in [0.15, 0.2) is 0 Å². The molecule has 9 heteroatoms. The molecule has 0 unspecified atom stereocenters. The lowest BCUT2D eigenvalue weighted by molar-refractivity contribution is -0.142. The van der Waals surface area contributed by atoms with Gasteiger partial charge in [-0.05, 0) is 35.2 Å². The molecule has 1 atom stereocenters. The maximum Gasteiger partial charge on any atom is 0.305 e. The number of fused-ring (bicyclic) bond motifs is 1. The predicted octanol–water partition coefficient (Wildman–Crippen LogP) is 2.77. The summed E-state index contributed by atoms with van der Waals surface area (Å²) in [6.45, 7) is 1.07. The van der Waals surface area contributed by atoms with E-state index in [4.69, 9.17) is 11.1 Å². The zero-order valence-corrected chi connectivity index (χ0v) is 21.2. The summed E-state index contributed by atoms with van der Waals surface area (Å²) in [5, 5.41) is 19.9. The molecule has 1 aliphatic heterocycles.